The van der Waals surface area contributed by atoms with Crippen molar-refractivity contribution < 1.29 is 24.5 Å². The van der Waals surface area contributed by atoms with Crippen molar-refractivity contribution in [2.24, 2.45) is 5.73 Å². The van der Waals surface area contributed by atoms with Crippen molar-refractivity contribution >= 4 is 29.8 Å². The Morgan fingerprint density at radius 1 is 1.07 bits per heavy atom. The van der Waals surface area contributed by atoms with Crippen LogP contribution in [-0.4, -0.2) is 36.2 Å². The van der Waals surface area contributed by atoms with Gasteiger partial charge < -0.3 is 25.4 Å². The molecule has 0 aliphatic heterocycles. The number of ether oxygens (including phenoxy) is 2. The monoisotopic (exact) mass is 392 g/mol. The number of aromatic hydroxyl groups is 1. The fourth-order valence-electron chi connectivity index (χ4n) is 2.58. The maximum atomic E-state index is 11.6. The molecule has 0 radical (unpaired) electrons. The lowest BCUT2D eigenvalue weighted by molar-refractivity contribution is -0.132. The molecule has 0 amide bonds. The molecular formula is C19H21ClN2O5. The fraction of sp³-hybridized carbons (Fsp3) is 0.158. The van der Waals surface area contributed by atoms with Crippen LogP contribution in [0, 0.1) is 5.41 Å². The van der Waals surface area contributed by atoms with Crippen LogP contribution in [0.5, 0.6) is 17.2 Å². The average molecular weight is 393 g/mol. The summed E-state index contributed by atoms with van der Waals surface area (Å²) >= 11 is 0. The van der Waals surface area contributed by atoms with Crippen LogP contribution in [0.15, 0.2) is 42.0 Å². The van der Waals surface area contributed by atoms with E-state index in [1.54, 1.807) is 30.3 Å². The van der Waals surface area contributed by atoms with E-state index in [9.17, 15) is 15.0 Å². The van der Waals surface area contributed by atoms with Crippen molar-refractivity contribution in [2.75, 3.05) is 14.2 Å². The van der Waals surface area contributed by atoms with Gasteiger partial charge in [-0.25, -0.2) is 4.79 Å². The van der Waals surface area contributed by atoms with E-state index in [2.05, 4.69) is 0 Å². The molecule has 0 fully saturated rings. The van der Waals surface area contributed by atoms with Crippen LogP contribution in [-0.2, 0) is 4.79 Å². The maximum Gasteiger partial charge on any atom is 0.331 e. The van der Waals surface area contributed by atoms with Crippen LogP contribution in [0.3, 0.4) is 0 Å². The first-order valence-corrected chi connectivity index (χ1v) is 7.64. The highest BCUT2D eigenvalue weighted by atomic mass is 35.5. The summed E-state index contributed by atoms with van der Waals surface area (Å²) in [7, 11) is 2.87. The molecular weight excluding hydrogens is 372 g/mol. The summed E-state index contributed by atoms with van der Waals surface area (Å²) in [4.78, 5) is 11.6. The molecule has 144 valence electrons. The molecule has 27 heavy (non-hydrogen) atoms. The molecule has 7 nitrogen and oxygen atoms in total. The summed E-state index contributed by atoms with van der Waals surface area (Å²) in [6.45, 7) is 1.44. The van der Waals surface area contributed by atoms with Crippen molar-refractivity contribution in [1.82, 2.24) is 0 Å². The van der Waals surface area contributed by atoms with Gasteiger partial charge in [0, 0.05) is 28.8 Å². The molecule has 0 spiro atoms. The number of aliphatic carboxylic acids is 1. The zero-order valence-corrected chi connectivity index (χ0v) is 15.9. The summed E-state index contributed by atoms with van der Waals surface area (Å²) in [5, 5.41) is 27.5. The molecule has 0 atom stereocenters. The Labute approximate surface area is 163 Å². The van der Waals surface area contributed by atoms with Gasteiger partial charge in [0.2, 0.25) is 0 Å². The van der Waals surface area contributed by atoms with Gasteiger partial charge in [-0.3, -0.25) is 5.41 Å². The summed E-state index contributed by atoms with van der Waals surface area (Å²) in [6.07, 6.45) is 0. The number of nitrogens with two attached hydrogens (primary N) is 1. The van der Waals surface area contributed by atoms with E-state index < -0.39 is 5.97 Å². The molecule has 0 heterocycles. The first kappa shape index (κ1) is 21.9. The first-order chi connectivity index (χ1) is 12.3. The predicted octanol–water partition coefficient (Wildman–Crippen LogP) is 3.02. The second-order valence-electron chi connectivity index (χ2n) is 5.52. The van der Waals surface area contributed by atoms with Gasteiger partial charge in [0.05, 0.1) is 19.8 Å². The molecule has 0 saturated carbocycles. The Hall–Kier alpha value is -3.19. The van der Waals surface area contributed by atoms with Gasteiger partial charge in [0.15, 0.2) is 0 Å². The zero-order valence-electron chi connectivity index (χ0n) is 15.1. The number of phenolic OH excluding ortho intramolecular Hbond substituents is 1. The van der Waals surface area contributed by atoms with Gasteiger partial charge in [-0.1, -0.05) is 24.3 Å². The van der Waals surface area contributed by atoms with Crippen LogP contribution >= 0.6 is 12.4 Å². The largest absolute Gasteiger partial charge is 0.507 e. The number of hydrogen-bond donors (Lipinski definition) is 4. The van der Waals surface area contributed by atoms with Crippen LogP contribution in [0.2, 0.25) is 0 Å². The third-order valence-electron chi connectivity index (χ3n) is 3.94. The Balaban J connectivity index is 0.00000364. The number of benzene rings is 2. The molecule has 0 bridgehead atoms. The predicted molar refractivity (Wildman–Crippen MR) is 105 cm³/mol. The summed E-state index contributed by atoms with van der Waals surface area (Å²) in [5.41, 5.74) is 7.07. The summed E-state index contributed by atoms with van der Waals surface area (Å²) < 4.78 is 10.5. The lowest BCUT2D eigenvalue weighted by Crippen LogP contribution is -2.11. The summed E-state index contributed by atoms with van der Waals surface area (Å²) in [5.74, 6) is -0.752. The molecule has 2 rings (SSSR count). The van der Waals surface area contributed by atoms with Crippen molar-refractivity contribution in [3.05, 3.63) is 58.7 Å². The second kappa shape index (κ2) is 8.95. The molecule has 0 saturated heterocycles. The van der Waals surface area contributed by atoms with Crippen molar-refractivity contribution in [1.29, 1.82) is 5.41 Å². The third kappa shape index (κ3) is 4.51. The number of hydrogen-bond acceptors (Lipinski definition) is 5. The zero-order chi connectivity index (χ0) is 19.4. The highest BCUT2D eigenvalue weighted by molar-refractivity contribution is 6.03. The minimum atomic E-state index is -1.13. The van der Waals surface area contributed by atoms with Gasteiger partial charge in [-0.2, -0.15) is 0 Å². The molecule has 0 aromatic heterocycles. The number of amidine groups is 1. The number of carboxylic acids is 1. The standard InChI is InChI=1S/C19H20N2O5.ClH/c1-10(19(23)24)16(11-4-6-12(7-5-11)18(20)21)17-14(22)8-13(25-2)9-15(17)26-3;/h4-9,22H,1-3H3,(H3,20,21)(H,23,24);1H/b16-10+;. The van der Waals surface area contributed by atoms with E-state index in [1.807, 2.05) is 0 Å². The number of carboxylic acid groups (broad SMARTS) is 1. The van der Waals surface area contributed by atoms with E-state index >= 15 is 0 Å². The topological polar surface area (TPSA) is 126 Å². The number of phenols is 1. The quantitative estimate of drug-likeness (QED) is 0.340. The average Bonchev–Trinajstić information content (AvgIpc) is 2.62. The minimum absolute atomic E-state index is 0. The minimum Gasteiger partial charge on any atom is -0.507 e. The van der Waals surface area contributed by atoms with Crippen LogP contribution in [0.4, 0.5) is 0 Å². The third-order valence-corrected chi connectivity index (χ3v) is 3.94. The molecule has 0 aliphatic carbocycles. The molecule has 8 heteroatoms. The van der Waals surface area contributed by atoms with Gasteiger partial charge in [0.25, 0.3) is 0 Å². The second-order valence-corrected chi connectivity index (χ2v) is 5.52. The van der Waals surface area contributed by atoms with Gasteiger partial charge in [-0.15, -0.1) is 12.4 Å². The summed E-state index contributed by atoms with van der Waals surface area (Å²) in [6, 6.07) is 9.45. The lowest BCUT2D eigenvalue weighted by atomic mass is 9.91. The molecule has 0 unspecified atom stereocenters. The number of halogens is 1. The maximum absolute atomic E-state index is 11.6. The van der Waals surface area contributed by atoms with Gasteiger partial charge >= 0.3 is 5.97 Å². The van der Waals surface area contributed by atoms with Crippen molar-refractivity contribution in [3.8, 4) is 17.2 Å². The van der Waals surface area contributed by atoms with E-state index in [0.29, 0.717) is 22.4 Å². The number of carbonyl (C=O) groups is 1. The first-order valence-electron chi connectivity index (χ1n) is 7.64. The van der Waals surface area contributed by atoms with E-state index in [1.165, 1.54) is 27.2 Å². The smallest absolute Gasteiger partial charge is 0.331 e. The Morgan fingerprint density at radius 3 is 2.07 bits per heavy atom. The lowest BCUT2D eigenvalue weighted by Gasteiger charge is -2.17. The molecule has 0 aliphatic rings. The van der Waals surface area contributed by atoms with Crippen molar-refractivity contribution in [2.45, 2.75) is 6.92 Å². The Kier molecular flexibility index (Phi) is 7.25. The molecule has 2 aromatic carbocycles. The van der Waals surface area contributed by atoms with Gasteiger partial charge in [0.1, 0.15) is 23.1 Å². The molecule has 5 N–H and O–H groups in total. The highest BCUT2D eigenvalue weighted by Crippen LogP contribution is 2.42. The fourth-order valence-corrected chi connectivity index (χ4v) is 2.58. The normalized spacial score (nSPS) is 11.1. The Morgan fingerprint density at radius 2 is 1.63 bits per heavy atom. The van der Waals surface area contributed by atoms with Gasteiger partial charge in [-0.05, 0) is 12.5 Å². The van der Waals surface area contributed by atoms with E-state index in [4.69, 9.17) is 20.6 Å². The Bertz CT molecular complexity index is 892. The van der Waals surface area contributed by atoms with E-state index in [-0.39, 0.29) is 40.9 Å². The van der Waals surface area contributed by atoms with Crippen LogP contribution < -0.4 is 15.2 Å². The van der Waals surface area contributed by atoms with E-state index in [0.717, 1.165) is 0 Å². The number of methoxy groups -OCH3 is 2. The van der Waals surface area contributed by atoms with Crippen LogP contribution in [0.1, 0.15) is 23.6 Å². The van der Waals surface area contributed by atoms with Crippen LogP contribution in [0.25, 0.3) is 5.57 Å². The highest BCUT2D eigenvalue weighted by Gasteiger charge is 2.22. The number of rotatable bonds is 6. The van der Waals surface area contributed by atoms with Crippen molar-refractivity contribution in [3.63, 3.8) is 0 Å². The molecule has 2 aromatic rings. The number of nitrogen functional groups attached to an aromatic ring is 1. The SMILES string of the molecule is COc1cc(O)c(/C(=C(\C)C(=O)O)c2ccc(C(=N)N)cc2)c(OC)c1.Cl. The number of nitrogens with one attached hydrogen (secondary N) is 1.